The first kappa shape index (κ1) is 105. The molecule has 1 aliphatic heterocycles. The number of hydrogen-bond acceptors (Lipinski definition) is 22. The summed E-state index contributed by atoms with van der Waals surface area (Å²) in [5.41, 5.74) is 22.1. The van der Waals surface area contributed by atoms with E-state index in [1.807, 2.05) is 0 Å². The maximum Gasteiger partial charge on any atom is 0.329 e. The van der Waals surface area contributed by atoms with Gasteiger partial charge in [0.15, 0.2) is 0 Å². The Morgan fingerprint density at radius 1 is 0.398 bits per heavy atom. The van der Waals surface area contributed by atoms with Gasteiger partial charge in [-0.2, -0.15) is 0 Å². The zero-order valence-electron chi connectivity index (χ0n) is 70.9. The number of cyclic esters (lactones) is 1. The van der Waals surface area contributed by atoms with Crippen molar-refractivity contribution in [1.29, 1.82) is 0 Å². The van der Waals surface area contributed by atoms with E-state index >= 15 is 9.59 Å². The van der Waals surface area contributed by atoms with E-state index in [0.717, 1.165) is 0 Å². The Labute approximate surface area is 688 Å². The van der Waals surface area contributed by atoms with Gasteiger partial charge < -0.3 is 112 Å². The van der Waals surface area contributed by atoms with Gasteiger partial charge in [0, 0.05) is 38.5 Å². The first-order valence-corrected chi connectivity index (χ1v) is 40.3. The Morgan fingerprint density at radius 2 is 0.746 bits per heavy atom. The third-order valence-electron chi connectivity index (χ3n) is 18.9. The van der Waals surface area contributed by atoms with Crippen molar-refractivity contribution in [2.24, 2.45) is 70.3 Å². The lowest BCUT2D eigenvalue weighted by atomic mass is 9.97. The van der Waals surface area contributed by atoms with Crippen molar-refractivity contribution in [2.75, 3.05) is 13.2 Å². The number of carboxylic acid groups (broad SMARTS) is 1. The predicted octanol–water partition coefficient (Wildman–Crippen LogP) is -3.77. The molecule has 0 unspecified atom stereocenters. The standard InChI is InChI=1S/C77H132N18O23/c1-17-43(16)63-77(117)118-35-54(74(114)94-62(42(14)15)76(116)91-52(33-39(8)9)71(111)84-44(18-23-55(78)97)65(105)88-51(32-38(6)7)73(113)89-50(31-37(4)5)70(110)86-47(68(108)95-63)21-26-58(81)100)92-66(106)45(19-24-56(79)98)85-72(112)53(34-40(10)11)90-75(115)61(41(12)13)93-67(107)46(20-25-57(80)99)83-64(104)48(22-27-60(102)103)87-69(109)49(30-36(2)3)82-59(101)28-29-96/h36-54,61-63,96H,17-35H2,1-16H3,(H2,78,97)(H2,79,98)(H2,80,99)(H2,81,100)(H,82,101)(H,83,104)(H,84,111)(H,85,112)(H,86,110)(H,87,109)(H,88,105)(H,89,113)(H,90,115)(H,91,116)(H,92,106)(H,93,107)(H,94,114)(H,95,108)(H,102,103)/t43-,44+,45-,46+,47+,48+,49-,50-,51-,52+,53+,54+,61+,62+,63-/m0/s1. The van der Waals surface area contributed by atoms with Crippen molar-refractivity contribution < 1.29 is 111 Å². The van der Waals surface area contributed by atoms with Gasteiger partial charge in [0.1, 0.15) is 91.2 Å². The molecule has 1 fully saturated rings. The molecule has 1 rings (SSSR count). The van der Waals surface area contributed by atoms with Crippen LogP contribution in [0.25, 0.3) is 0 Å². The number of rotatable bonds is 44. The van der Waals surface area contributed by atoms with Crippen LogP contribution < -0.4 is 97.4 Å². The highest BCUT2D eigenvalue weighted by atomic mass is 16.5. The summed E-state index contributed by atoms with van der Waals surface area (Å²) in [6, 6.07) is -22.9. The summed E-state index contributed by atoms with van der Waals surface area (Å²) >= 11 is 0. The first-order chi connectivity index (χ1) is 54.9. The maximum absolute atomic E-state index is 15.1. The van der Waals surface area contributed by atoms with E-state index in [1.54, 1.807) is 76.2 Å². The lowest BCUT2D eigenvalue weighted by Gasteiger charge is -2.30. The smallest absolute Gasteiger partial charge is 0.329 e. The lowest BCUT2D eigenvalue weighted by Crippen LogP contribution is -2.62. The van der Waals surface area contributed by atoms with Gasteiger partial charge in [0.25, 0.3) is 0 Å². The fourth-order valence-electron chi connectivity index (χ4n) is 12.3. The highest BCUT2D eigenvalue weighted by Gasteiger charge is 2.41. The first-order valence-electron chi connectivity index (χ1n) is 40.3. The summed E-state index contributed by atoms with van der Waals surface area (Å²) in [6.07, 6.45) is -6.14. The molecule has 0 aromatic heterocycles. The van der Waals surface area contributed by atoms with Crippen molar-refractivity contribution in [3.63, 3.8) is 0 Å². The van der Waals surface area contributed by atoms with E-state index in [1.165, 1.54) is 34.6 Å². The van der Waals surface area contributed by atoms with Crippen LogP contribution >= 0.6 is 0 Å². The quantitative estimate of drug-likeness (QED) is 0.0260. The fraction of sp³-hybridized carbons (Fsp3) is 0.740. The van der Waals surface area contributed by atoms with Crippen molar-refractivity contribution >= 4 is 118 Å². The molecule has 0 aliphatic carbocycles. The van der Waals surface area contributed by atoms with Crippen LogP contribution in [0.1, 0.15) is 220 Å². The summed E-state index contributed by atoms with van der Waals surface area (Å²) in [6.45, 7) is 24.4. The Hall–Kier alpha value is -10.6. The highest BCUT2D eigenvalue weighted by Crippen LogP contribution is 2.19. The number of hydrogen-bond donors (Lipinski definition) is 20. The van der Waals surface area contributed by atoms with Gasteiger partial charge in [0.05, 0.1) is 6.61 Å². The molecule has 15 atom stereocenters. The van der Waals surface area contributed by atoms with Crippen LogP contribution in [0.5, 0.6) is 0 Å². The molecule has 0 aromatic rings. The summed E-state index contributed by atoms with van der Waals surface area (Å²) in [5.74, 6) is -25.2. The molecule has 0 aromatic carbocycles. The van der Waals surface area contributed by atoms with Gasteiger partial charge in [-0.05, 0) is 112 Å². The number of amides is 18. The molecule has 41 heteroatoms. The van der Waals surface area contributed by atoms with Crippen LogP contribution in [0.4, 0.5) is 0 Å². The van der Waals surface area contributed by atoms with Gasteiger partial charge in [-0.1, -0.05) is 117 Å². The van der Waals surface area contributed by atoms with Crippen LogP contribution in [-0.2, 0) is 101 Å². The van der Waals surface area contributed by atoms with Crippen LogP contribution in [0.2, 0.25) is 0 Å². The molecule has 1 saturated heterocycles. The van der Waals surface area contributed by atoms with Crippen molar-refractivity contribution in [3.05, 3.63) is 0 Å². The fourth-order valence-corrected chi connectivity index (χ4v) is 12.3. The predicted molar refractivity (Wildman–Crippen MR) is 427 cm³/mol. The Morgan fingerprint density at radius 3 is 1.12 bits per heavy atom. The van der Waals surface area contributed by atoms with E-state index in [-0.39, 0.29) is 68.6 Å². The zero-order valence-corrected chi connectivity index (χ0v) is 70.9. The lowest BCUT2D eigenvalue weighted by molar-refractivity contribution is -0.152. The molecule has 0 radical (unpaired) electrons. The van der Waals surface area contributed by atoms with E-state index in [0.29, 0.717) is 0 Å². The molecule has 1 heterocycles. The number of carbonyl (C=O) groups is 20. The van der Waals surface area contributed by atoms with Gasteiger partial charge in [-0.15, -0.1) is 0 Å². The molecule has 24 N–H and O–H groups in total. The number of carboxylic acids is 1. The number of esters is 1. The number of aliphatic carboxylic acids is 1. The number of aliphatic hydroxyl groups is 1. The topological polar surface area (TPSA) is 664 Å². The monoisotopic (exact) mass is 1680 g/mol. The molecule has 0 bridgehead atoms. The van der Waals surface area contributed by atoms with Crippen molar-refractivity contribution in [3.8, 4) is 0 Å². The van der Waals surface area contributed by atoms with Crippen LogP contribution in [0.3, 0.4) is 0 Å². The van der Waals surface area contributed by atoms with E-state index in [9.17, 15) is 96.5 Å². The normalized spacial score (nSPS) is 20.8. The Kier molecular flexibility index (Phi) is 47.3. The second-order valence-electron chi connectivity index (χ2n) is 32.8. The van der Waals surface area contributed by atoms with Gasteiger partial charge in [-0.3, -0.25) is 91.1 Å². The summed E-state index contributed by atoms with van der Waals surface area (Å²) in [7, 11) is 0. The Balaban J connectivity index is 4.29. The van der Waals surface area contributed by atoms with Crippen LogP contribution in [-0.4, -0.2) is 226 Å². The second kappa shape index (κ2) is 52.9. The summed E-state index contributed by atoms with van der Waals surface area (Å²) in [4.78, 5) is 277. The number of aliphatic hydroxyl groups excluding tert-OH is 1. The molecule has 0 spiro atoms. The minimum atomic E-state index is -2.11. The van der Waals surface area contributed by atoms with Crippen LogP contribution in [0, 0.1) is 47.3 Å². The maximum atomic E-state index is 15.1. The SMILES string of the molecule is CC[C@H](C)[C@@H]1NC(=O)[C@@H](CCC(N)=O)NC(=O)[C@H](CC(C)C)NC(=O)[C@H](CC(C)C)NC(=O)[C@@H](CCC(N)=O)NC(=O)[C@@H](CC(C)C)NC(=O)[C@@H](C(C)C)NC(=O)[C@H](NC(=O)[C@H](CCC(N)=O)NC(=O)[C@@H](CC(C)C)NC(=O)[C@H](NC(=O)[C@@H](CCC(N)=O)NC(=O)[C@@H](CCC(=O)O)NC(=O)[C@H](CC(C)C)NC(=O)CCO)C(C)C)COC1=O. The van der Waals surface area contributed by atoms with Crippen molar-refractivity contribution in [1.82, 2.24) is 74.4 Å². The minimum absolute atomic E-state index is 0.0324. The number of primary amides is 4. The molecule has 41 nitrogen and oxygen atoms in total. The molecule has 118 heavy (non-hydrogen) atoms. The summed E-state index contributed by atoms with van der Waals surface area (Å²) < 4.78 is 5.78. The summed E-state index contributed by atoms with van der Waals surface area (Å²) in [5, 5.41) is 54.2. The molecule has 668 valence electrons. The van der Waals surface area contributed by atoms with Crippen molar-refractivity contribution in [2.45, 2.75) is 305 Å². The number of nitrogens with two attached hydrogens (primary N) is 4. The number of ether oxygens (including phenoxy) is 1. The average molecular weight is 1680 g/mol. The van der Waals surface area contributed by atoms with E-state index in [4.69, 9.17) is 27.7 Å². The van der Waals surface area contributed by atoms with E-state index < -0.39 is 304 Å². The average Bonchev–Trinajstić information content (AvgIpc) is 0.929. The van der Waals surface area contributed by atoms with Gasteiger partial charge >= 0.3 is 11.9 Å². The third kappa shape index (κ3) is 40.5. The van der Waals surface area contributed by atoms with Gasteiger partial charge in [0.2, 0.25) is 106 Å². The molecule has 1 aliphatic rings. The molecular weight excluding hydrogens is 1540 g/mol. The van der Waals surface area contributed by atoms with Gasteiger partial charge in [-0.25, -0.2) is 4.79 Å². The molecule has 18 amide bonds. The van der Waals surface area contributed by atoms with Crippen LogP contribution in [0.15, 0.2) is 0 Å². The number of carbonyl (C=O) groups excluding carboxylic acids is 19. The second-order valence-corrected chi connectivity index (χ2v) is 32.8. The third-order valence-corrected chi connectivity index (χ3v) is 18.9. The highest BCUT2D eigenvalue weighted by molar-refractivity contribution is 6.01. The molecular formula is C77H132N18O23. The number of nitrogens with one attached hydrogen (secondary N) is 14. The van der Waals surface area contributed by atoms with E-state index in [2.05, 4.69) is 74.4 Å². The Bertz CT molecular complexity index is 3480. The molecule has 0 saturated carbocycles. The zero-order chi connectivity index (χ0) is 90.3. The largest absolute Gasteiger partial charge is 0.481 e. The minimum Gasteiger partial charge on any atom is -0.481 e.